The fraction of sp³-hybridized carbons (Fsp3) is 0.467. The maximum atomic E-state index is 13.4. The maximum Gasteiger partial charge on any atom is 0.492 e. The average molecular weight is 312 g/mol. The Morgan fingerprint density at radius 1 is 1.14 bits per heavy atom. The predicted molar refractivity (Wildman–Crippen MR) is 79.2 cm³/mol. The van der Waals surface area contributed by atoms with Crippen LogP contribution in [-0.4, -0.2) is 35.1 Å². The van der Waals surface area contributed by atoms with Crippen LogP contribution in [0, 0.1) is 11.6 Å². The number of aromatic hydroxyl groups is 1. The molecule has 2 N–H and O–H groups in total. The molecule has 120 valence electrons. The first-order chi connectivity index (χ1) is 10.1. The van der Waals surface area contributed by atoms with Crippen molar-refractivity contribution in [3.8, 4) is 5.75 Å². The van der Waals surface area contributed by atoms with Gasteiger partial charge in [0.05, 0.1) is 17.8 Å². The molecule has 1 fully saturated rings. The summed E-state index contributed by atoms with van der Waals surface area (Å²) in [7, 11) is -0.810. The third-order valence-electron chi connectivity index (χ3n) is 4.13. The summed E-state index contributed by atoms with van der Waals surface area (Å²) in [4.78, 5) is 0. The van der Waals surface area contributed by atoms with Crippen LogP contribution in [0.1, 0.15) is 33.3 Å². The Kier molecular flexibility index (Phi) is 4.34. The standard InChI is InChI=1S/C15H19BF2O4/c1-14(2)15(3,4)22-16(21-14)10(8-19)5-9-6-11(17)13(20)12(18)7-9/h5-7,19-20H,8H2,1-4H3. The lowest BCUT2D eigenvalue weighted by Gasteiger charge is -2.32. The number of hydrogen-bond donors (Lipinski definition) is 2. The van der Waals surface area contributed by atoms with E-state index in [9.17, 15) is 13.9 Å². The highest BCUT2D eigenvalue weighted by molar-refractivity contribution is 6.55. The number of aliphatic hydroxyl groups is 1. The van der Waals surface area contributed by atoms with Gasteiger partial charge in [0.1, 0.15) is 0 Å². The van der Waals surface area contributed by atoms with E-state index in [1.807, 2.05) is 27.7 Å². The van der Waals surface area contributed by atoms with Gasteiger partial charge in [-0.2, -0.15) is 0 Å². The first-order valence-corrected chi connectivity index (χ1v) is 6.92. The second-order valence-electron chi connectivity index (χ2n) is 6.30. The zero-order valence-electron chi connectivity index (χ0n) is 13.0. The Morgan fingerprint density at radius 2 is 1.59 bits per heavy atom. The van der Waals surface area contributed by atoms with Crippen LogP contribution in [-0.2, 0) is 9.31 Å². The number of rotatable bonds is 3. The molecular weight excluding hydrogens is 293 g/mol. The molecule has 1 saturated heterocycles. The van der Waals surface area contributed by atoms with Crippen LogP contribution in [0.3, 0.4) is 0 Å². The van der Waals surface area contributed by atoms with Crippen LogP contribution in [0.2, 0.25) is 0 Å². The van der Waals surface area contributed by atoms with Gasteiger partial charge in [-0.3, -0.25) is 0 Å². The molecule has 0 atom stereocenters. The van der Waals surface area contributed by atoms with Gasteiger partial charge < -0.3 is 19.5 Å². The quantitative estimate of drug-likeness (QED) is 0.843. The summed E-state index contributed by atoms with van der Waals surface area (Å²) in [6.45, 7) is 7.06. The van der Waals surface area contributed by atoms with Crippen molar-refractivity contribution in [1.29, 1.82) is 0 Å². The normalized spacial score (nSPS) is 20.5. The molecule has 1 aliphatic rings. The molecule has 1 aromatic carbocycles. The molecule has 1 heterocycles. The van der Waals surface area contributed by atoms with Gasteiger partial charge in [-0.15, -0.1) is 0 Å². The van der Waals surface area contributed by atoms with Crippen molar-refractivity contribution in [3.63, 3.8) is 0 Å². The SMILES string of the molecule is CC1(C)OB(C(=Cc2cc(F)c(O)c(F)c2)CO)OC1(C)C. The van der Waals surface area contributed by atoms with Gasteiger partial charge in [0.25, 0.3) is 0 Å². The minimum atomic E-state index is -1.07. The summed E-state index contributed by atoms with van der Waals surface area (Å²) in [6, 6.07) is 1.94. The van der Waals surface area contributed by atoms with Crippen molar-refractivity contribution in [2.45, 2.75) is 38.9 Å². The molecule has 2 rings (SSSR count). The Bertz CT molecular complexity index is 575. The van der Waals surface area contributed by atoms with Gasteiger partial charge in [0.2, 0.25) is 0 Å². The van der Waals surface area contributed by atoms with Crippen LogP contribution in [0.5, 0.6) is 5.75 Å². The highest BCUT2D eigenvalue weighted by Gasteiger charge is 2.52. The molecule has 0 amide bonds. The van der Waals surface area contributed by atoms with E-state index in [-0.39, 0.29) is 12.2 Å². The summed E-state index contributed by atoms with van der Waals surface area (Å²) >= 11 is 0. The first kappa shape index (κ1) is 16.9. The first-order valence-electron chi connectivity index (χ1n) is 6.92. The number of phenols is 1. The lowest BCUT2D eigenvalue weighted by atomic mass is 9.77. The molecule has 1 aliphatic heterocycles. The van der Waals surface area contributed by atoms with Crippen LogP contribution in [0.4, 0.5) is 8.78 Å². The second-order valence-corrected chi connectivity index (χ2v) is 6.30. The molecule has 4 nitrogen and oxygen atoms in total. The fourth-order valence-electron chi connectivity index (χ4n) is 2.07. The van der Waals surface area contributed by atoms with E-state index in [4.69, 9.17) is 14.4 Å². The Morgan fingerprint density at radius 3 is 2.00 bits per heavy atom. The summed E-state index contributed by atoms with van der Waals surface area (Å²) in [5, 5.41) is 18.6. The van der Waals surface area contributed by atoms with Crippen molar-refractivity contribution < 1.29 is 28.3 Å². The highest BCUT2D eigenvalue weighted by Crippen LogP contribution is 2.38. The Hall–Kier alpha value is -1.44. The van der Waals surface area contributed by atoms with Crippen LogP contribution in [0.15, 0.2) is 17.6 Å². The molecule has 0 aromatic heterocycles. The number of benzene rings is 1. The van der Waals surface area contributed by atoms with E-state index >= 15 is 0 Å². The molecule has 1 aromatic rings. The summed E-state index contributed by atoms with van der Waals surface area (Å²) in [5.74, 6) is -3.17. The number of halogens is 2. The van der Waals surface area contributed by atoms with Crippen molar-refractivity contribution in [2.24, 2.45) is 0 Å². The Labute approximate surface area is 128 Å². The molecule has 7 heteroatoms. The van der Waals surface area contributed by atoms with Crippen LogP contribution < -0.4 is 0 Å². The summed E-state index contributed by atoms with van der Waals surface area (Å²) < 4.78 is 38.3. The third kappa shape index (κ3) is 3.02. The van der Waals surface area contributed by atoms with Gasteiger partial charge in [-0.25, -0.2) is 8.78 Å². The van der Waals surface area contributed by atoms with Crippen molar-refractivity contribution in [1.82, 2.24) is 0 Å². The van der Waals surface area contributed by atoms with Crippen molar-refractivity contribution >= 4 is 13.2 Å². The fourth-order valence-corrected chi connectivity index (χ4v) is 2.07. The minimum absolute atomic E-state index is 0.159. The molecular formula is C15H19BF2O4. The van der Waals surface area contributed by atoms with Gasteiger partial charge in [-0.05, 0) is 50.9 Å². The van der Waals surface area contributed by atoms with Crippen molar-refractivity contribution in [3.05, 3.63) is 34.8 Å². The Balaban J connectivity index is 2.34. The molecule has 22 heavy (non-hydrogen) atoms. The molecule has 0 saturated carbocycles. The van der Waals surface area contributed by atoms with E-state index in [1.54, 1.807) is 0 Å². The van der Waals surface area contributed by atoms with Crippen LogP contribution in [0.25, 0.3) is 6.08 Å². The molecule has 0 unspecified atom stereocenters. The molecule has 0 radical (unpaired) electrons. The summed E-state index contributed by atoms with van der Waals surface area (Å²) in [6.07, 6.45) is 1.38. The van der Waals surface area contributed by atoms with E-state index in [2.05, 4.69) is 0 Å². The zero-order valence-corrected chi connectivity index (χ0v) is 13.0. The molecule has 0 aliphatic carbocycles. The zero-order chi connectivity index (χ0) is 16.7. The predicted octanol–water partition coefficient (Wildman–Crippen LogP) is 2.68. The monoisotopic (exact) mass is 312 g/mol. The second kappa shape index (κ2) is 5.64. The number of hydrogen-bond acceptors (Lipinski definition) is 4. The van der Waals surface area contributed by atoms with E-state index < -0.39 is 35.7 Å². The molecule has 0 spiro atoms. The maximum absolute atomic E-state index is 13.4. The van der Waals surface area contributed by atoms with Gasteiger partial charge >= 0.3 is 7.12 Å². The lowest BCUT2D eigenvalue weighted by molar-refractivity contribution is 0.00578. The van der Waals surface area contributed by atoms with E-state index in [1.165, 1.54) is 6.08 Å². The van der Waals surface area contributed by atoms with E-state index in [0.717, 1.165) is 12.1 Å². The van der Waals surface area contributed by atoms with Crippen LogP contribution >= 0.6 is 0 Å². The minimum Gasteiger partial charge on any atom is -0.503 e. The van der Waals surface area contributed by atoms with Gasteiger partial charge in [0, 0.05) is 0 Å². The van der Waals surface area contributed by atoms with Gasteiger partial charge in [-0.1, -0.05) is 6.08 Å². The third-order valence-corrected chi connectivity index (χ3v) is 4.13. The van der Waals surface area contributed by atoms with Crippen molar-refractivity contribution in [2.75, 3.05) is 6.61 Å². The lowest BCUT2D eigenvalue weighted by Crippen LogP contribution is -2.41. The van der Waals surface area contributed by atoms with Gasteiger partial charge in [0.15, 0.2) is 17.4 Å². The topological polar surface area (TPSA) is 58.9 Å². The largest absolute Gasteiger partial charge is 0.503 e. The smallest absolute Gasteiger partial charge is 0.492 e. The average Bonchev–Trinajstić information content (AvgIpc) is 2.61. The number of phenolic OH excluding ortho intramolecular Hbond substituents is 1. The van der Waals surface area contributed by atoms with E-state index in [0.29, 0.717) is 5.47 Å². The molecule has 0 bridgehead atoms. The highest BCUT2D eigenvalue weighted by atomic mass is 19.1. The number of aliphatic hydroxyl groups excluding tert-OH is 1. The summed E-state index contributed by atoms with van der Waals surface area (Å²) in [5.41, 5.74) is -0.677.